The summed E-state index contributed by atoms with van der Waals surface area (Å²) in [6, 6.07) is 6.13. The molecule has 158 valence electrons. The fraction of sp³-hybridized carbons (Fsp3) is 0.591. The molecule has 7 nitrogen and oxygen atoms in total. The Hall–Kier alpha value is -2.09. The zero-order valence-electron chi connectivity index (χ0n) is 17.7. The molecule has 29 heavy (non-hydrogen) atoms. The summed E-state index contributed by atoms with van der Waals surface area (Å²) in [5.74, 6) is 1.64. The van der Waals surface area contributed by atoms with Gasteiger partial charge in [-0.05, 0) is 44.8 Å². The first-order valence-electron chi connectivity index (χ1n) is 10.7. The van der Waals surface area contributed by atoms with Gasteiger partial charge < -0.3 is 24.6 Å². The fourth-order valence-corrected chi connectivity index (χ4v) is 3.94. The number of rotatable bonds is 7. The van der Waals surface area contributed by atoms with Crippen molar-refractivity contribution in [2.24, 2.45) is 7.05 Å². The van der Waals surface area contributed by atoms with E-state index >= 15 is 0 Å². The standard InChI is InChI=1S/C22H33N5O2/c1-25-9-11-27(12-10-25)8-3-7-23-16-19-17-26(2)24-22(19)18-5-6-20-21(15-18)29-14-4-13-28-20/h5-6,15,17,23H,3-4,7-14,16H2,1-2H3. The zero-order chi connectivity index (χ0) is 20.1. The lowest BCUT2D eigenvalue weighted by molar-refractivity contribution is 0.153. The van der Waals surface area contributed by atoms with E-state index in [1.54, 1.807) is 0 Å². The topological polar surface area (TPSA) is 54.8 Å². The van der Waals surface area contributed by atoms with Crippen molar-refractivity contribution in [1.29, 1.82) is 0 Å². The van der Waals surface area contributed by atoms with Gasteiger partial charge in [-0.1, -0.05) is 0 Å². The Morgan fingerprint density at radius 3 is 2.66 bits per heavy atom. The largest absolute Gasteiger partial charge is 0.490 e. The van der Waals surface area contributed by atoms with E-state index in [0.29, 0.717) is 13.2 Å². The van der Waals surface area contributed by atoms with Gasteiger partial charge in [-0.25, -0.2) is 0 Å². The van der Waals surface area contributed by atoms with Crippen LogP contribution in [0, 0.1) is 0 Å². The van der Waals surface area contributed by atoms with Crippen molar-refractivity contribution in [3.05, 3.63) is 30.0 Å². The molecule has 2 aliphatic heterocycles. The Labute approximate surface area is 173 Å². The molecule has 2 aromatic rings. The molecule has 0 spiro atoms. The molecule has 3 heterocycles. The number of aromatic nitrogens is 2. The second-order valence-electron chi connectivity index (χ2n) is 8.06. The van der Waals surface area contributed by atoms with Crippen LogP contribution in [-0.4, -0.2) is 79.1 Å². The third-order valence-electron chi connectivity index (χ3n) is 5.66. The first-order valence-corrected chi connectivity index (χ1v) is 10.7. The molecule has 7 heteroatoms. The van der Waals surface area contributed by atoms with Crippen molar-refractivity contribution < 1.29 is 9.47 Å². The van der Waals surface area contributed by atoms with E-state index in [9.17, 15) is 0 Å². The number of nitrogens with one attached hydrogen (secondary N) is 1. The molecule has 0 saturated carbocycles. The molecule has 0 bridgehead atoms. The predicted molar refractivity (Wildman–Crippen MR) is 115 cm³/mol. The van der Waals surface area contributed by atoms with E-state index < -0.39 is 0 Å². The van der Waals surface area contributed by atoms with Gasteiger partial charge in [-0.15, -0.1) is 0 Å². The molecule has 0 unspecified atom stereocenters. The summed E-state index contributed by atoms with van der Waals surface area (Å²) in [7, 11) is 4.18. The molecule has 2 aliphatic rings. The SMILES string of the molecule is CN1CCN(CCCNCc2cn(C)nc2-c2ccc3c(c2)OCCCO3)CC1. The highest BCUT2D eigenvalue weighted by molar-refractivity contribution is 5.66. The average molecular weight is 400 g/mol. The minimum atomic E-state index is 0.695. The number of nitrogens with zero attached hydrogens (tertiary/aromatic N) is 4. The van der Waals surface area contributed by atoms with Gasteiger partial charge in [0.1, 0.15) is 0 Å². The molecule has 1 saturated heterocycles. The van der Waals surface area contributed by atoms with Crippen LogP contribution in [0.4, 0.5) is 0 Å². The first kappa shape index (κ1) is 20.2. The van der Waals surface area contributed by atoms with E-state index in [0.717, 1.165) is 42.3 Å². The molecule has 0 radical (unpaired) electrons. The minimum absolute atomic E-state index is 0.695. The fourth-order valence-electron chi connectivity index (χ4n) is 3.94. The monoisotopic (exact) mass is 399 g/mol. The van der Waals surface area contributed by atoms with Crippen LogP contribution in [0.2, 0.25) is 0 Å². The molecule has 1 N–H and O–H groups in total. The van der Waals surface area contributed by atoms with Crippen molar-refractivity contribution in [3.8, 4) is 22.8 Å². The van der Waals surface area contributed by atoms with Crippen molar-refractivity contribution in [2.75, 3.05) is 59.5 Å². The second kappa shape index (κ2) is 9.61. The summed E-state index contributed by atoms with van der Waals surface area (Å²) in [5, 5.41) is 8.30. The van der Waals surface area contributed by atoms with Gasteiger partial charge in [0.25, 0.3) is 0 Å². The Kier molecular flexibility index (Phi) is 6.69. The van der Waals surface area contributed by atoms with Crippen molar-refractivity contribution >= 4 is 0 Å². The smallest absolute Gasteiger partial charge is 0.161 e. The molecule has 1 fully saturated rings. The summed E-state index contributed by atoms with van der Waals surface area (Å²) >= 11 is 0. The lowest BCUT2D eigenvalue weighted by Crippen LogP contribution is -2.45. The van der Waals surface area contributed by atoms with E-state index in [4.69, 9.17) is 14.6 Å². The van der Waals surface area contributed by atoms with Crippen molar-refractivity contribution in [1.82, 2.24) is 24.9 Å². The second-order valence-corrected chi connectivity index (χ2v) is 8.06. The summed E-state index contributed by atoms with van der Waals surface area (Å²) in [5.41, 5.74) is 3.29. The number of hydrogen-bond acceptors (Lipinski definition) is 6. The van der Waals surface area contributed by atoms with Gasteiger partial charge in [0.15, 0.2) is 11.5 Å². The highest BCUT2D eigenvalue weighted by atomic mass is 16.5. The van der Waals surface area contributed by atoms with Crippen molar-refractivity contribution in [2.45, 2.75) is 19.4 Å². The van der Waals surface area contributed by atoms with Gasteiger partial charge in [0, 0.05) is 63.5 Å². The number of benzene rings is 1. The summed E-state index contributed by atoms with van der Waals surface area (Å²) < 4.78 is 13.5. The number of aryl methyl sites for hydroxylation is 1. The maximum atomic E-state index is 5.85. The van der Waals surface area contributed by atoms with E-state index in [2.05, 4.69) is 40.5 Å². The third kappa shape index (κ3) is 5.29. The van der Waals surface area contributed by atoms with Gasteiger partial charge in [0.2, 0.25) is 0 Å². The van der Waals surface area contributed by atoms with Crippen LogP contribution in [-0.2, 0) is 13.6 Å². The Balaban J connectivity index is 1.32. The number of likely N-dealkylation sites (N-methyl/N-ethyl adjacent to an activating group) is 1. The Morgan fingerprint density at radius 2 is 1.83 bits per heavy atom. The first-order chi connectivity index (χ1) is 14.2. The van der Waals surface area contributed by atoms with E-state index in [1.165, 1.54) is 44.7 Å². The molecule has 1 aromatic heterocycles. The van der Waals surface area contributed by atoms with Crippen LogP contribution >= 0.6 is 0 Å². The van der Waals surface area contributed by atoms with Crippen LogP contribution in [0.15, 0.2) is 24.4 Å². The van der Waals surface area contributed by atoms with Crippen LogP contribution in [0.25, 0.3) is 11.3 Å². The van der Waals surface area contributed by atoms with E-state index in [-0.39, 0.29) is 0 Å². The van der Waals surface area contributed by atoms with Crippen LogP contribution in [0.1, 0.15) is 18.4 Å². The summed E-state index contributed by atoms with van der Waals surface area (Å²) in [6.45, 7) is 9.15. The van der Waals surface area contributed by atoms with Gasteiger partial charge >= 0.3 is 0 Å². The maximum Gasteiger partial charge on any atom is 0.161 e. The van der Waals surface area contributed by atoms with Crippen molar-refractivity contribution in [3.63, 3.8) is 0 Å². The highest BCUT2D eigenvalue weighted by Gasteiger charge is 2.16. The molecule has 0 aliphatic carbocycles. The van der Waals surface area contributed by atoms with Crippen LogP contribution < -0.4 is 14.8 Å². The summed E-state index contributed by atoms with van der Waals surface area (Å²) in [4.78, 5) is 4.97. The average Bonchev–Trinajstić information content (AvgIpc) is 2.94. The minimum Gasteiger partial charge on any atom is -0.490 e. The lowest BCUT2D eigenvalue weighted by atomic mass is 10.1. The number of ether oxygens (including phenoxy) is 2. The molecular weight excluding hydrogens is 366 g/mol. The molecule has 0 atom stereocenters. The normalized spacial score (nSPS) is 18.0. The van der Waals surface area contributed by atoms with Gasteiger partial charge in [0.05, 0.1) is 18.9 Å². The van der Waals surface area contributed by atoms with Crippen LogP contribution in [0.5, 0.6) is 11.5 Å². The number of piperazine rings is 1. The molecule has 1 aromatic carbocycles. The quantitative estimate of drug-likeness (QED) is 0.719. The number of hydrogen-bond donors (Lipinski definition) is 1. The molecule has 0 amide bonds. The third-order valence-corrected chi connectivity index (χ3v) is 5.66. The molecular formula is C22H33N5O2. The number of fused-ring (bicyclic) bond motifs is 1. The van der Waals surface area contributed by atoms with Crippen LogP contribution in [0.3, 0.4) is 0 Å². The Morgan fingerprint density at radius 1 is 1.03 bits per heavy atom. The maximum absolute atomic E-state index is 5.85. The Bertz CT molecular complexity index is 798. The predicted octanol–water partition coefficient (Wildman–Crippen LogP) is 1.98. The molecule has 4 rings (SSSR count). The summed E-state index contributed by atoms with van der Waals surface area (Å²) in [6.07, 6.45) is 4.19. The highest BCUT2D eigenvalue weighted by Crippen LogP contribution is 2.34. The zero-order valence-corrected chi connectivity index (χ0v) is 17.7. The van der Waals surface area contributed by atoms with Gasteiger partial charge in [-0.3, -0.25) is 4.68 Å². The lowest BCUT2D eigenvalue weighted by Gasteiger charge is -2.32. The van der Waals surface area contributed by atoms with Gasteiger partial charge in [-0.2, -0.15) is 5.10 Å². The van der Waals surface area contributed by atoms with E-state index in [1.807, 2.05) is 17.8 Å².